The molecule has 0 amide bonds. The molecule has 0 atom stereocenters. The molecule has 0 aliphatic heterocycles. The van der Waals surface area contributed by atoms with Crippen molar-refractivity contribution < 1.29 is 0 Å². The van der Waals surface area contributed by atoms with E-state index in [1.807, 2.05) is 0 Å². The Bertz CT molecular complexity index is 282. The van der Waals surface area contributed by atoms with Crippen molar-refractivity contribution in [1.29, 1.82) is 0 Å². The van der Waals surface area contributed by atoms with Crippen LogP contribution in [0, 0.1) is 6.92 Å². The molecule has 0 radical (unpaired) electrons. The van der Waals surface area contributed by atoms with E-state index in [4.69, 9.17) is 0 Å². The summed E-state index contributed by atoms with van der Waals surface area (Å²) in [6.45, 7) is 2.13. The lowest BCUT2D eigenvalue weighted by atomic mass is 10.1. The Morgan fingerprint density at radius 3 is 2.70 bits per heavy atom. The van der Waals surface area contributed by atoms with Crippen LogP contribution in [0.25, 0.3) is 5.57 Å². The zero-order valence-electron chi connectivity index (χ0n) is 6.09. The predicted molar refractivity (Wildman–Crippen MR) is 43.8 cm³/mol. The lowest BCUT2D eigenvalue weighted by molar-refractivity contribution is 1.45. The molecule has 0 fully saturated rings. The molecule has 1 aromatic carbocycles. The van der Waals surface area contributed by atoms with E-state index in [1.54, 1.807) is 0 Å². The van der Waals surface area contributed by atoms with Crippen LogP contribution >= 0.6 is 0 Å². The van der Waals surface area contributed by atoms with Gasteiger partial charge in [0, 0.05) is 0 Å². The maximum atomic E-state index is 2.26. The van der Waals surface area contributed by atoms with E-state index >= 15 is 0 Å². The van der Waals surface area contributed by atoms with Gasteiger partial charge in [-0.1, -0.05) is 35.9 Å². The molecule has 0 aromatic heterocycles. The minimum Gasteiger partial charge on any atom is -0.0760 e. The lowest BCUT2D eigenvalue weighted by Crippen LogP contribution is -1.74. The van der Waals surface area contributed by atoms with Gasteiger partial charge < -0.3 is 0 Å². The zero-order chi connectivity index (χ0) is 6.97. The summed E-state index contributed by atoms with van der Waals surface area (Å²) >= 11 is 0. The van der Waals surface area contributed by atoms with Gasteiger partial charge >= 0.3 is 0 Å². The summed E-state index contributed by atoms with van der Waals surface area (Å²) in [6.07, 6.45) is 3.46. The summed E-state index contributed by atoms with van der Waals surface area (Å²) in [6, 6.07) is 8.65. The number of allylic oxidation sites excluding steroid dienone is 2. The molecule has 0 saturated carbocycles. The molecular formula is C10H10. The minimum absolute atomic E-state index is 1.20. The number of rotatable bonds is 1. The molecular weight excluding hydrogens is 120 g/mol. The average Bonchev–Trinajstić information content (AvgIpc) is 2.68. The van der Waals surface area contributed by atoms with Crippen LogP contribution in [0.2, 0.25) is 0 Å². The molecule has 2 rings (SSSR count). The second-order valence-electron chi connectivity index (χ2n) is 2.80. The molecule has 1 aromatic rings. The third-order valence-electron chi connectivity index (χ3n) is 1.80. The summed E-state index contributed by atoms with van der Waals surface area (Å²) < 4.78 is 0. The van der Waals surface area contributed by atoms with Crippen molar-refractivity contribution in [3.63, 3.8) is 0 Å². The van der Waals surface area contributed by atoms with Crippen molar-refractivity contribution in [3.8, 4) is 0 Å². The van der Waals surface area contributed by atoms with Gasteiger partial charge in [-0.05, 0) is 24.5 Å². The highest BCUT2D eigenvalue weighted by atomic mass is 14.1. The maximum Gasteiger partial charge on any atom is -0.00884 e. The van der Waals surface area contributed by atoms with Gasteiger partial charge in [0.15, 0.2) is 0 Å². The Hall–Kier alpha value is -1.04. The first-order chi connectivity index (χ1) is 4.86. The molecule has 1 aliphatic carbocycles. The van der Waals surface area contributed by atoms with Crippen LogP contribution in [0.3, 0.4) is 0 Å². The first-order valence-electron chi connectivity index (χ1n) is 3.62. The second kappa shape index (κ2) is 1.98. The normalized spacial score (nSPS) is 14.7. The SMILES string of the molecule is Cc1cccc(C2=CC2)c1. The Balaban J connectivity index is 2.42. The van der Waals surface area contributed by atoms with E-state index in [1.165, 1.54) is 23.1 Å². The van der Waals surface area contributed by atoms with Crippen LogP contribution in [0.5, 0.6) is 0 Å². The Kier molecular flexibility index (Phi) is 1.13. The number of hydrogen-bond acceptors (Lipinski definition) is 0. The molecule has 0 bridgehead atoms. The van der Waals surface area contributed by atoms with Crippen molar-refractivity contribution in [1.82, 2.24) is 0 Å². The van der Waals surface area contributed by atoms with Gasteiger partial charge in [0.2, 0.25) is 0 Å². The second-order valence-corrected chi connectivity index (χ2v) is 2.80. The fourth-order valence-corrected chi connectivity index (χ4v) is 1.13. The predicted octanol–water partition coefficient (Wildman–Crippen LogP) is 2.78. The van der Waals surface area contributed by atoms with E-state index < -0.39 is 0 Å². The average molecular weight is 130 g/mol. The zero-order valence-corrected chi connectivity index (χ0v) is 6.09. The van der Waals surface area contributed by atoms with Crippen LogP contribution in [-0.2, 0) is 0 Å². The van der Waals surface area contributed by atoms with Crippen LogP contribution in [0.15, 0.2) is 30.3 Å². The largest absolute Gasteiger partial charge is 0.0760 e. The summed E-state index contributed by atoms with van der Waals surface area (Å²) in [5.41, 5.74) is 4.26. The highest BCUT2D eigenvalue weighted by Gasteiger charge is 2.08. The molecule has 10 heavy (non-hydrogen) atoms. The van der Waals surface area contributed by atoms with Gasteiger partial charge in [0.1, 0.15) is 0 Å². The highest BCUT2D eigenvalue weighted by Crippen LogP contribution is 2.30. The van der Waals surface area contributed by atoms with E-state index in [0.717, 1.165) is 0 Å². The van der Waals surface area contributed by atoms with Gasteiger partial charge in [-0.25, -0.2) is 0 Å². The minimum atomic E-state index is 1.20. The van der Waals surface area contributed by atoms with Gasteiger partial charge in [-0.3, -0.25) is 0 Å². The van der Waals surface area contributed by atoms with Gasteiger partial charge in [-0.2, -0.15) is 0 Å². The molecule has 0 unspecified atom stereocenters. The maximum absolute atomic E-state index is 2.26. The van der Waals surface area contributed by atoms with Crippen molar-refractivity contribution in [3.05, 3.63) is 41.5 Å². The topological polar surface area (TPSA) is 0 Å². The summed E-state index contributed by atoms with van der Waals surface area (Å²) in [7, 11) is 0. The van der Waals surface area contributed by atoms with Crippen LogP contribution < -0.4 is 0 Å². The standard InChI is InChI=1S/C10H10/c1-8-3-2-4-10(7-8)9-5-6-9/h2-5,7H,6H2,1H3. The molecule has 0 nitrogen and oxygen atoms in total. The van der Waals surface area contributed by atoms with Gasteiger partial charge in [0.05, 0.1) is 0 Å². The molecule has 0 heterocycles. The Morgan fingerprint density at radius 2 is 2.10 bits per heavy atom. The van der Waals surface area contributed by atoms with Crippen molar-refractivity contribution in [2.45, 2.75) is 13.3 Å². The van der Waals surface area contributed by atoms with Crippen molar-refractivity contribution in [2.75, 3.05) is 0 Å². The summed E-state index contributed by atoms with van der Waals surface area (Å²) in [4.78, 5) is 0. The van der Waals surface area contributed by atoms with Crippen LogP contribution in [0.1, 0.15) is 17.5 Å². The quantitative estimate of drug-likeness (QED) is 0.548. The van der Waals surface area contributed by atoms with Crippen LogP contribution in [0.4, 0.5) is 0 Å². The van der Waals surface area contributed by atoms with E-state index in [9.17, 15) is 0 Å². The monoisotopic (exact) mass is 130 g/mol. The lowest BCUT2D eigenvalue weighted by Gasteiger charge is -1.94. The van der Waals surface area contributed by atoms with Crippen LogP contribution in [-0.4, -0.2) is 0 Å². The molecule has 0 spiro atoms. The molecule has 0 saturated heterocycles. The van der Waals surface area contributed by atoms with Gasteiger partial charge in [0.25, 0.3) is 0 Å². The first-order valence-corrected chi connectivity index (χ1v) is 3.62. The highest BCUT2D eigenvalue weighted by molar-refractivity contribution is 5.77. The van der Waals surface area contributed by atoms with Crippen molar-refractivity contribution in [2.24, 2.45) is 0 Å². The summed E-state index contributed by atoms with van der Waals surface area (Å²) in [5.74, 6) is 0. The molecule has 1 aliphatic rings. The smallest absolute Gasteiger partial charge is 0.00884 e. The third-order valence-corrected chi connectivity index (χ3v) is 1.80. The number of aryl methyl sites for hydroxylation is 1. The van der Waals surface area contributed by atoms with Crippen molar-refractivity contribution >= 4 is 5.57 Å². The first kappa shape index (κ1) is 5.72. The molecule has 0 N–H and O–H groups in total. The number of hydrogen-bond donors (Lipinski definition) is 0. The van der Waals surface area contributed by atoms with Gasteiger partial charge in [-0.15, -0.1) is 0 Å². The fourth-order valence-electron chi connectivity index (χ4n) is 1.13. The Morgan fingerprint density at radius 1 is 1.30 bits per heavy atom. The molecule has 50 valence electrons. The molecule has 0 heteroatoms. The fraction of sp³-hybridized carbons (Fsp3) is 0.200. The van der Waals surface area contributed by atoms with E-state index in [0.29, 0.717) is 0 Å². The Labute approximate surface area is 61.2 Å². The van der Waals surface area contributed by atoms with E-state index in [-0.39, 0.29) is 0 Å². The third kappa shape index (κ3) is 0.971. The number of benzene rings is 1. The van der Waals surface area contributed by atoms with E-state index in [2.05, 4.69) is 37.3 Å². The summed E-state index contributed by atoms with van der Waals surface area (Å²) in [5, 5.41) is 0.